The second-order valence-electron chi connectivity index (χ2n) is 7.68. The number of nitrogens with one attached hydrogen (secondary N) is 1. The summed E-state index contributed by atoms with van der Waals surface area (Å²) in [4.78, 5) is 14.3. The molecule has 1 N–H and O–H groups in total. The van der Waals surface area contributed by atoms with Gasteiger partial charge < -0.3 is 5.32 Å². The molecule has 1 amide bonds. The van der Waals surface area contributed by atoms with E-state index < -0.39 is 10.2 Å². The minimum absolute atomic E-state index is 0.0677. The molecule has 0 aromatic heterocycles. The molecule has 0 unspecified atom stereocenters. The molecule has 0 saturated carbocycles. The van der Waals surface area contributed by atoms with Gasteiger partial charge in [-0.3, -0.25) is 9.69 Å². The maximum atomic E-state index is 12.8. The monoisotopic (exact) mass is 394 g/mol. The molecule has 0 atom stereocenters. The van der Waals surface area contributed by atoms with Gasteiger partial charge in [-0.2, -0.15) is 17.0 Å². The summed E-state index contributed by atoms with van der Waals surface area (Å²) < 4.78 is 28.8. The van der Waals surface area contributed by atoms with Crippen molar-refractivity contribution in [1.29, 1.82) is 0 Å². The molecule has 2 fully saturated rings. The van der Waals surface area contributed by atoms with Gasteiger partial charge in [0.1, 0.15) is 0 Å². The van der Waals surface area contributed by atoms with Crippen LogP contribution in [0.2, 0.25) is 0 Å². The molecule has 0 aliphatic carbocycles. The third kappa shape index (κ3) is 5.28. The predicted octanol–water partition coefficient (Wildman–Crippen LogP) is 1.53. The maximum absolute atomic E-state index is 12.8. The first-order chi connectivity index (χ1) is 12.8. The lowest BCUT2D eigenvalue weighted by Crippen LogP contribution is -2.55. The summed E-state index contributed by atoms with van der Waals surface area (Å²) in [6.07, 6.45) is 1.86. The first-order valence-corrected chi connectivity index (χ1v) is 11.1. The number of carbonyl (C=O) groups excluding carboxylic acids is 1. The number of piperidine rings is 1. The number of benzene rings is 1. The van der Waals surface area contributed by atoms with Gasteiger partial charge >= 0.3 is 0 Å². The van der Waals surface area contributed by atoms with E-state index in [9.17, 15) is 13.2 Å². The van der Waals surface area contributed by atoms with Crippen molar-refractivity contribution in [2.24, 2.45) is 5.92 Å². The number of piperazine rings is 1. The zero-order valence-electron chi connectivity index (χ0n) is 16.2. The van der Waals surface area contributed by atoms with Crippen molar-refractivity contribution in [3.05, 3.63) is 29.8 Å². The van der Waals surface area contributed by atoms with Crippen molar-refractivity contribution >= 4 is 21.8 Å². The fourth-order valence-corrected chi connectivity index (χ4v) is 5.25. The minimum atomic E-state index is -3.37. The molecule has 8 heteroatoms. The summed E-state index contributed by atoms with van der Waals surface area (Å²) in [7, 11) is -3.37. The Balaban J connectivity index is 1.47. The zero-order chi connectivity index (χ0) is 19.4. The molecule has 2 aliphatic rings. The van der Waals surface area contributed by atoms with Gasteiger partial charge in [-0.05, 0) is 43.4 Å². The van der Waals surface area contributed by atoms with E-state index in [2.05, 4.69) is 12.2 Å². The van der Waals surface area contributed by atoms with Crippen LogP contribution in [0.1, 0.15) is 25.3 Å². The molecule has 150 valence electrons. The van der Waals surface area contributed by atoms with Gasteiger partial charge in [-0.25, -0.2) is 0 Å². The van der Waals surface area contributed by atoms with Crippen LogP contribution in [-0.2, 0) is 15.0 Å². The summed E-state index contributed by atoms with van der Waals surface area (Å²) in [5.41, 5.74) is 1.89. The quantitative estimate of drug-likeness (QED) is 0.822. The molecular formula is C19H30N4O3S. The zero-order valence-corrected chi connectivity index (χ0v) is 17.0. The van der Waals surface area contributed by atoms with Crippen LogP contribution in [0.15, 0.2) is 24.3 Å². The molecule has 2 heterocycles. The number of carbonyl (C=O) groups is 1. The number of anilines is 1. The molecule has 0 spiro atoms. The lowest BCUT2D eigenvalue weighted by molar-refractivity contribution is -0.117. The van der Waals surface area contributed by atoms with Crippen molar-refractivity contribution in [2.75, 3.05) is 51.1 Å². The highest BCUT2D eigenvalue weighted by Gasteiger charge is 2.34. The van der Waals surface area contributed by atoms with Crippen molar-refractivity contribution in [1.82, 2.24) is 13.5 Å². The number of rotatable bonds is 5. The fourth-order valence-electron chi connectivity index (χ4n) is 3.62. The normalized spacial score (nSPS) is 21.3. The first kappa shape index (κ1) is 20.3. The highest BCUT2D eigenvalue weighted by Crippen LogP contribution is 2.21. The largest absolute Gasteiger partial charge is 0.325 e. The van der Waals surface area contributed by atoms with Crippen LogP contribution in [0.3, 0.4) is 0 Å². The van der Waals surface area contributed by atoms with E-state index in [1.54, 1.807) is 8.61 Å². The summed E-state index contributed by atoms with van der Waals surface area (Å²) in [5.74, 6) is 0.530. The molecule has 7 nitrogen and oxygen atoms in total. The van der Waals surface area contributed by atoms with Crippen LogP contribution in [0, 0.1) is 12.8 Å². The standard InChI is InChI=1S/C19H30N4O3S/c1-16-6-8-22(9-7-16)27(25,26)23-12-10-21(11-13-23)15-19(24)20-18-5-3-4-17(2)14-18/h3-5,14,16H,6-13,15H2,1-2H3,(H,20,24). The van der Waals surface area contributed by atoms with E-state index in [4.69, 9.17) is 0 Å². The van der Waals surface area contributed by atoms with Crippen molar-refractivity contribution in [3.63, 3.8) is 0 Å². The van der Waals surface area contributed by atoms with Gasteiger partial charge in [-0.1, -0.05) is 19.1 Å². The topological polar surface area (TPSA) is 73.0 Å². The van der Waals surface area contributed by atoms with Crippen LogP contribution >= 0.6 is 0 Å². The fraction of sp³-hybridized carbons (Fsp3) is 0.632. The van der Waals surface area contributed by atoms with Gasteiger partial charge in [0, 0.05) is 45.0 Å². The van der Waals surface area contributed by atoms with E-state index in [0.717, 1.165) is 24.1 Å². The summed E-state index contributed by atoms with van der Waals surface area (Å²) in [6, 6.07) is 7.70. The van der Waals surface area contributed by atoms with Gasteiger partial charge in [-0.15, -0.1) is 0 Å². The lowest BCUT2D eigenvalue weighted by Gasteiger charge is -2.38. The third-order valence-corrected chi connectivity index (χ3v) is 7.43. The maximum Gasteiger partial charge on any atom is 0.282 e. The van der Waals surface area contributed by atoms with Crippen molar-refractivity contribution in [3.8, 4) is 0 Å². The van der Waals surface area contributed by atoms with E-state index in [-0.39, 0.29) is 12.5 Å². The highest BCUT2D eigenvalue weighted by molar-refractivity contribution is 7.86. The number of nitrogens with zero attached hydrogens (tertiary/aromatic N) is 3. The van der Waals surface area contributed by atoms with Gasteiger partial charge in [0.15, 0.2) is 0 Å². The number of hydrogen-bond acceptors (Lipinski definition) is 4. The van der Waals surface area contributed by atoms with Crippen LogP contribution in [0.4, 0.5) is 5.69 Å². The minimum Gasteiger partial charge on any atom is -0.325 e. The molecule has 2 aliphatic heterocycles. The summed E-state index contributed by atoms with van der Waals surface area (Å²) in [6.45, 7) is 7.69. The third-order valence-electron chi connectivity index (χ3n) is 5.40. The first-order valence-electron chi connectivity index (χ1n) is 9.68. The lowest BCUT2D eigenvalue weighted by atomic mass is 10.0. The van der Waals surface area contributed by atoms with Crippen molar-refractivity contribution < 1.29 is 13.2 Å². The highest BCUT2D eigenvalue weighted by atomic mass is 32.2. The van der Waals surface area contributed by atoms with E-state index >= 15 is 0 Å². The average Bonchev–Trinajstić information content (AvgIpc) is 2.62. The molecular weight excluding hydrogens is 364 g/mol. The van der Waals surface area contributed by atoms with Crippen LogP contribution in [0.25, 0.3) is 0 Å². The van der Waals surface area contributed by atoms with Gasteiger partial charge in [0.25, 0.3) is 10.2 Å². The molecule has 2 saturated heterocycles. The second kappa shape index (κ2) is 8.68. The Morgan fingerprint density at radius 1 is 1.07 bits per heavy atom. The van der Waals surface area contributed by atoms with Gasteiger partial charge in [0.05, 0.1) is 6.54 Å². The molecule has 3 rings (SSSR count). The van der Waals surface area contributed by atoms with Crippen LogP contribution in [-0.4, -0.2) is 73.6 Å². The van der Waals surface area contributed by atoms with Crippen LogP contribution < -0.4 is 5.32 Å². The second-order valence-corrected chi connectivity index (χ2v) is 9.61. The Morgan fingerprint density at radius 3 is 2.33 bits per heavy atom. The molecule has 27 heavy (non-hydrogen) atoms. The summed E-state index contributed by atoms with van der Waals surface area (Å²) in [5, 5.41) is 2.91. The Morgan fingerprint density at radius 2 is 1.70 bits per heavy atom. The molecule has 0 bridgehead atoms. The number of hydrogen-bond donors (Lipinski definition) is 1. The smallest absolute Gasteiger partial charge is 0.282 e. The molecule has 1 aromatic carbocycles. The van der Waals surface area contributed by atoms with Gasteiger partial charge in [0.2, 0.25) is 5.91 Å². The Kier molecular flexibility index (Phi) is 6.52. The Bertz CT molecular complexity index is 752. The summed E-state index contributed by atoms with van der Waals surface area (Å²) >= 11 is 0. The number of amides is 1. The average molecular weight is 395 g/mol. The number of aryl methyl sites for hydroxylation is 1. The Hall–Kier alpha value is -1.48. The van der Waals surface area contributed by atoms with E-state index in [0.29, 0.717) is 45.2 Å². The van der Waals surface area contributed by atoms with Crippen molar-refractivity contribution in [2.45, 2.75) is 26.7 Å². The predicted molar refractivity (Wildman–Crippen MR) is 107 cm³/mol. The SMILES string of the molecule is Cc1cccc(NC(=O)CN2CCN(S(=O)(=O)N3CCC(C)CC3)CC2)c1. The molecule has 1 aromatic rings. The van der Waals surface area contributed by atoms with Crippen LogP contribution in [0.5, 0.6) is 0 Å². The molecule has 0 radical (unpaired) electrons. The Labute approximate surface area is 162 Å². The van der Waals surface area contributed by atoms with E-state index in [1.165, 1.54) is 0 Å². The van der Waals surface area contributed by atoms with E-state index in [1.807, 2.05) is 36.1 Å².